The SMILES string of the molecule is CC(C)(C)OC(=O)C(C)(C)Oc1cccc(N2CCCC(C(=O)O)C2)c1. The molecule has 1 fully saturated rings. The van der Waals surface area contributed by atoms with Crippen LogP contribution < -0.4 is 9.64 Å². The summed E-state index contributed by atoms with van der Waals surface area (Å²) in [5.74, 6) is -0.991. The van der Waals surface area contributed by atoms with E-state index in [0.29, 0.717) is 18.7 Å². The minimum absolute atomic E-state index is 0.355. The highest BCUT2D eigenvalue weighted by Crippen LogP contribution is 2.29. The van der Waals surface area contributed by atoms with Crippen molar-refractivity contribution < 1.29 is 24.2 Å². The van der Waals surface area contributed by atoms with Crippen LogP contribution >= 0.6 is 0 Å². The third-order valence-electron chi connectivity index (χ3n) is 4.22. The number of ether oxygens (including phenoxy) is 2. The van der Waals surface area contributed by atoms with Crippen molar-refractivity contribution in [1.82, 2.24) is 0 Å². The van der Waals surface area contributed by atoms with Gasteiger partial charge in [-0.1, -0.05) is 6.07 Å². The molecule has 0 aliphatic carbocycles. The maximum absolute atomic E-state index is 12.4. The molecule has 1 aliphatic heterocycles. The number of benzene rings is 1. The molecular formula is C20H29NO5. The monoisotopic (exact) mass is 363 g/mol. The van der Waals surface area contributed by atoms with Gasteiger partial charge in [-0.25, -0.2) is 4.79 Å². The van der Waals surface area contributed by atoms with Gasteiger partial charge < -0.3 is 19.5 Å². The number of carboxylic acid groups (broad SMARTS) is 1. The van der Waals surface area contributed by atoms with E-state index in [0.717, 1.165) is 18.7 Å². The van der Waals surface area contributed by atoms with Crippen LogP contribution in [0.15, 0.2) is 24.3 Å². The smallest absolute Gasteiger partial charge is 0.350 e. The Morgan fingerprint density at radius 3 is 2.50 bits per heavy atom. The molecule has 0 aromatic heterocycles. The first-order valence-corrected chi connectivity index (χ1v) is 8.98. The van der Waals surface area contributed by atoms with Crippen LogP contribution in [-0.2, 0) is 14.3 Å². The van der Waals surface area contributed by atoms with Gasteiger partial charge in [-0.05, 0) is 59.6 Å². The maximum atomic E-state index is 12.4. The number of nitrogens with zero attached hydrogens (tertiary/aromatic N) is 1. The molecule has 2 rings (SSSR count). The number of carboxylic acids is 1. The predicted octanol–water partition coefficient (Wildman–Crippen LogP) is 3.49. The minimum atomic E-state index is -1.13. The molecule has 1 N–H and O–H groups in total. The van der Waals surface area contributed by atoms with Crippen LogP contribution in [0.1, 0.15) is 47.5 Å². The van der Waals surface area contributed by atoms with E-state index in [4.69, 9.17) is 9.47 Å². The molecule has 1 aromatic rings. The summed E-state index contributed by atoms with van der Waals surface area (Å²) in [4.78, 5) is 25.7. The molecular weight excluding hydrogens is 334 g/mol. The van der Waals surface area contributed by atoms with Crippen LogP contribution in [0.2, 0.25) is 0 Å². The van der Waals surface area contributed by atoms with Crippen LogP contribution in [0.25, 0.3) is 0 Å². The van der Waals surface area contributed by atoms with Gasteiger partial charge in [-0.15, -0.1) is 0 Å². The molecule has 0 radical (unpaired) electrons. The van der Waals surface area contributed by atoms with E-state index in [1.807, 2.05) is 39.0 Å². The summed E-state index contributed by atoms with van der Waals surface area (Å²) in [5, 5.41) is 9.26. The third kappa shape index (κ3) is 5.38. The van der Waals surface area contributed by atoms with Crippen molar-refractivity contribution in [3.63, 3.8) is 0 Å². The van der Waals surface area contributed by atoms with Crippen molar-refractivity contribution in [3.05, 3.63) is 24.3 Å². The molecule has 6 heteroatoms. The molecule has 1 unspecified atom stereocenters. The van der Waals surface area contributed by atoms with E-state index in [2.05, 4.69) is 4.90 Å². The van der Waals surface area contributed by atoms with Crippen molar-refractivity contribution in [2.45, 2.75) is 58.7 Å². The molecule has 1 aromatic carbocycles. The fraction of sp³-hybridized carbons (Fsp3) is 0.600. The standard InChI is InChI=1S/C20H29NO5/c1-19(2,3)26-18(24)20(4,5)25-16-10-6-9-15(12-16)21-11-7-8-14(13-21)17(22)23/h6,9-10,12,14H,7-8,11,13H2,1-5H3,(H,22,23). The summed E-state index contributed by atoms with van der Waals surface area (Å²) in [7, 11) is 0. The van der Waals surface area contributed by atoms with Crippen LogP contribution in [0.5, 0.6) is 5.75 Å². The van der Waals surface area contributed by atoms with Crippen LogP contribution in [0.4, 0.5) is 5.69 Å². The minimum Gasteiger partial charge on any atom is -0.481 e. The van der Waals surface area contributed by atoms with E-state index in [-0.39, 0.29) is 5.92 Å². The lowest BCUT2D eigenvalue weighted by atomic mass is 9.98. The fourth-order valence-corrected chi connectivity index (χ4v) is 2.89. The molecule has 1 saturated heterocycles. The van der Waals surface area contributed by atoms with E-state index in [1.165, 1.54) is 0 Å². The first-order valence-electron chi connectivity index (χ1n) is 8.98. The molecule has 26 heavy (non-hydrogen) atoms. The van der Waals surface area contributed by atoms with E-state index in [9.17, 15) is 14.7 Å². The summed E-state index contributed by atoms with van der Waals surface area (Å²) in [6.45, 7) is 10.1. The van der Waals surface area contributed by atoms with Gasteiger partial charge in [0.1, 0.15) is 11.4 Å². The number of carbonyl (C=O) groups excluding carboxylic acids is 1. The van der Waals surface area contributed by atoms with Crippen molar-refractivity contribution in [3.8, 4) is 5.75 Å². The van der Waals surface area contributed by atoms with Gasteiger partial charge in [-0.2, -0.15) is 0 Å². The van der Waals surface area contributed by atoms with Gasteiger partial charge in [-0.3, -0.25) is 4.79 Å². The molecule has 0 bridgehead atoms. The number of anilines is 1. The Morgan fingerprint density at radius 1 is 1.19 bits per heavy atom. The molecule has 0 amide bonds. The normalized spacial score (nSPS) is 18.3. The van der Waals surface area contributed by atoms with E-state index < -0.39 is 23.1 Å². The average Bonchev–Trinajstić information content (AvgIpc) is 2.53. The first-order chi connectivity index (χ1) is 12.0. The molecule has 1 atom stereocenters. The van der Waals surface area contributed by atoms with Gasteiger partial charge in [0.05, 0.1) is 5.92 Å². The largest absolute Gasteiger partial charge is 0.481 e. The zero-order chi connectivity index (χ0) is 19.5. The zero-order valence-electron chi connectivity index (χ0n) is 16.2. The highest BCUT2D eigenvalue weighted by atomic mass is 16.6. The lowest BCUT2D eigenvalue weighted by Gasteiger charge is -2.33. The zero-order valence-corrected chi connectivity index (χ0v) is 16.2. The molecule has 0 saturated carbocycles. The van der Waals surface area contributed by atoms with Gasteiger partial charge in [0.15, 0.2) is 5.60 Å². The van der Waals surface area contributed by atoms with E-state index >= 15 is 0 Å². The quantitative estimate of drug-likeness (QED) is 0.807. The van der Waals surface area contributed by atoms with Crippen molar-refractivity contribution in [2.75, 3.05) is 18.0 Å². The van der Waals surface area contributed by atoms with E-state index in [1.54, 1.807) is 19.9 Å². The third-order valence-corrected chi connectivity index (χ3v) is 4.22. The molecule has 6 nitrogen and oxygen atoms in total. The number of esters is 1. The molecule has 0 spiro atoms. The number of hydrogen-bond acceptors (Lipinski definition) is 5. The summed E-state index contributed by atoms with van der Waals surface area (Å²) >= 11 is 0. The number of carbonyl (C=O) groups is 2. The Morgan fingerprint density at radius 2 is 1.88 bits per heavy atom. The lowest BCUT2D eigenvalue weighted by molar-refractivity contribution is -0.170. The van der Waals surface area contributed by atoms with Crippen LogP contribution in [-0.4, -0.2) is 41.3 Å². The highest BCUT2D eigenvalue weighted by molar-refractivity contribution is 5.79. The second-order valence-electron chi connectivity index (χ2n) is 8.24. The Bertz CT molecular complexity index is 662. The van der Waals surface area contributed by atoms with Gasteiger partial charge in [0, 0.05) is 24.8 Å². The second-order valence-corrected chi connectivity index (χ2v) is 8.24. The Hall–Kier alpha value is -2.24. The Kier molecular flexibility index (Phi) is 5.84. The lowest BCUT2D eigenvalue weighted by Crippen LogP contribution is -2.43. The number of rotatable bonds is 5. The average molecular weight is 363 g/mol. The predicted molar refractivity (Wildman–Crippen MR) is 99.6 cm³/mol. The molecule has 144 valence electrons. The summed E-state index contributed by atoms with van der Waals surface area (Å²) in [6.07, 6.45) is 1.54. The summed E-state index contributed by atoms with van der Waals surface area (Å²) in [5.41, 5.74) is -0.815. The Labute approximate surface area is 155 Å². The highest BCUT2D eigenvalue weighted by Gasteiger charge is 2.35. The van der Waals surface area contributed by atoms with Crippen molar-refractivity contribution in [2.24, 2.45) is 5.92 Å². The van der Waals surface area contributed by atoms with Gasteiger partial charge in [0.2, 0.25) is 0 Å². The maximum Gasteiger partial charge on any atom is 0.350 e. The first kappa shape index (κ1) is 20.1. The van der Waals surface area contributed by atoms with Crippen molar-refractivity contribution in [1.29, 1.82) is 0 Å². The van der Waals surface area contributed by atoms with Gasteiger partial charge >= 0.3 is 11.9 Å². The topological polar surface area (TPSA) is 76.1 Å². The Balaban J connectivity index is 2.11. The van der Waals surface area contributed by atoms with Crippen LogP contribution in [0.3, 0.4) is 0 Å². The number of aliphatic carboxylic acids is 1. The molecule has 1 aliphatic rings. The van der Waals surface area contributed by atoms with Crippen LogP contribution in [0, 0.1) is 5.92 Å². The second kappa shape index (κ2) is 7.56. The fourth-order valence-electron chi connectivity index (χ4n) is 2.89. The summed E-state index contributed by atoms with van der Waals surface area (Å²) < 4.78 is 11.3. The van der Waals surface area contributed by atoms with Crippen molar-refractivity contribution >= 4 is 17.6 Å². The number of hydrogen-bond donors (Lipinski definition) is 1. The summed E-state index contributed by atoms with van der Waals surface area (Å²) in [6, 6.07) is 7.41. The van der Waals surface area contributed by atoms with Gasteiger partial charge in [0.25, 0.3) is 0 Å². The molecule has 1 heterocycles. The number of piperidine rings is 1.